The van der Waals surface area contributed by atoms with E-state index in [1.165, 1.54) is 0 Å². The summed E-state index contributed by atoms with van der Waals surface area (Å²) in [5, 5.41) is 3.24. The first-order valence-corrected chi connectivity index (χ1v) is 8.09. The molecule has 110 valence electrons. The van der Waals surface area contributed by atoms with Crippen molar-refractivity contribution in [2.75, 3.05) is 26.7 Å². The van der Waals surface area contributed by atoms with Gasteiger partial charge in [0, 0.05) is 26.7 Å². The van der Waals surface area contributed by atoms with Crippen molar-refractivity contribution < 1.29 is 8.42 Å². The molecule has 0 unspecified atom stereocenters. The Bertz CT molecular complexity index is 581. The van der Waals surface area contributed by atoms with Crippen LogP contribution >= 0.6 is 0 Å². The lowest BCUT2D eigenvalue weighted by molar-refractivity contribution is 0.534. The van der Waals surface area contributed by atoms with Gasteiger partial charge in [0.2, 0.25) is 10.0 Å². The van der Waals surface area contributed by atoms with Gasteiger partial charge in [0.1, 0.15) is 0 Å². The highest BCUT2D eigenvalue weighted by molar-refractivity contribution is 7.89. The standard InChI is InChI=1S/C13H20N4O2S/c1-3-16-20(18,19)12-6-4-11(5-7-12)10-15-13-14-8-9-17(13)2/h4-7,16H,3,8-10H2,1-2H3,(H,14,15). The van der Waals surface area contributed by atoms with Gasteiger partial charge in [0.15, 0.2) is 5.96 Å². The molecular weight excluding hydrogens is 276 g/mol. The number of aliphatic imine (C=N–C) groups is 1. The van der Waals surface area contributed by atoms with Crippen LogP contribution in [0.1, 0.15) is 12.5 Å². The van der Waals surface area contributed by atoms with E-state index in [0.29, 0.717) is 18.0 Å². The molecule has 2 N–H and O–H groups in total. The minimum absolute atomic E-state index is 0.290. The Kier molecular flexibility index (Phi) is 4.61. The lowest BCUT2D eigenvalue weighted by Gasteiger charge is -2.15. The maximum absolute atomic E-state index is 11.8. The third-order valence-electron chi connectivity index (χ3n) is 3.08. The van der Waals surface area contributed by atoms with Crippen LogP contribution in [0.25, 0.3) is 0 Å². The molecule has 0 saturated carbocycles. The number of rotatable bonds is 5. The molecule has 1 aliphatic rings. The lowest BCUT2D eigenvalue weighted by Crippen LogP contribution is -2.35. The quantitative estimate of drug-likeness (QED) is 0.823. The molecule has 0 spiro atoms. The van der Waals surface area contributed by atoms with Crippen LogP contribution in [0.5, 0.6) is 0 Å². The van der Waals surface area contributed by atoms with E-state index < -0.39 is 10.0 Å². The molecule has 2 rings (SSSR count). The van der Waals surface area contributed by atoms with Crippen molar-refractivity contribution in [1.82, 2.24) is 14.9 Å². The van der Waals surface area contributed by atoms with Crippen LogP contribution < -0.4 is 10.0 Å². The molecule has 0 saturated heterocycles. The summed E-state index contributed by atoms with van der Waals surface area (Å²) < 4.78 is 26.1. The molecule has 0 radical (unpaired) electrons. The SMILES string of the molecule is CCNS(=O)(=O)c1ccc(CNC2=NCCN2C)cc1. The molecule has 1 aromatic rings. The largest absolute Gasteiger partial charge is 0.352 e. The average molecular weight is 296 g/mol. The molecule has 1 heterocycles. The fourth-order valence-electron chi connectivity index (χ4n) is 1.96. The van der Waals surface area contributed by atoms with Crippen LogP contribution in [0.2, 0.25) is 0 Å². The van der Waals surface area contributed by atoms with E-state index in [9.17, 15) is 8.42 Å². The van der Waals surface area contributed by atoms with Crippen molar-refractivity contribution in [2.45, 2.75) is 18.4 Å². The van der Waals surface area contributed by atoms with E-state index in [0.717, 1.165) is 24.6 Å². The van der Waals surface area contributed by atoms with E-state index in [4.69, 9.17) is 0 Å². The first kappa shape index (κ1) is 14.8. The van der Waals surface area contributed by atoms with Crippen molar-refractivity contribution in [2.24, 2.45) is 4.99 Å². The zero-order valence-electron chi connectivity index (χ0n) is 11.8. The normalized spacial score (nSPS) is 15.3. The molecule has 1 aromatic carbocycles. The Balaban J connectivity index is 1.98. The fourth-order valence-corrected chi connectivity index (χ4v) is 3.01. The van der Waals surface area contributed by atoms with Crippen molar-refractivity contribution in [3.8, 4) is 0 Å². The summed E-state index contributed by atoms with van der Waals surface area (Å²) in [5.41, 5.74) is 1.02. The highest BCUT2D eigenvalue weighted by atomic mass is 32.2. The van der Waals surface area contributed by atoms with Crippen LogP contribution in [-0.2, 0) is 16.6 Å². The predicted octanol–water partition coefficient (Wildman–Crippen LogP) is 0.376. The van der Waals surface area contributed by atoms with E-state index in [-0.39, 0.29) is 0 Å². The maximum atomic E-state index is 11.8. The molecule has 0 atom stereocenters. The first-order valence-electron chi connectivity index (χ1n) is 6.61. The Hall–Kier alpha value is -1.60. The molecule has 20 heavy (non-hydrogen) atoms. The molecule has 0 aromatic heterocycles. The van der Waals surface area contributed by atoms with Crippen molar-refractivity contribution in [3.05, 3.63) is 29.8 Å². The van der Waals surface area contributed by atoms with E-state index >= 15 is 0 Å². The van der Waals surface area contributed by atoms with E-state index in [2.05, 4.69) is 19.9 Å². The summed E-state index contributed by atoms with van der Waals surface area (Å²) in [5.74, 6) is 0.884. The molecule has 7 heteroatoms. The van der Waals surface area contributed by atoms with Gasteiger partial charge in [-0.3, -0.25) is 4.99 Å². The van der Waals surface area contributed by atoms with Gasteiger partial charge < -0.3 is 10.2 Å². The first-order chi connectivity index (χ1) is 9.53. The topological polar surface area (TPSA) is 73.8 Å². The summed E-state index contributed by atoms with van der Waals surface area (Å²) in [4.78, 5) is 6.69. The number of benzene rings is 1. The Labute approximate surface area is 119 Å². The Morgan fingerprint density at radius 3 is 2.55 bits per heavy atom. The number of guanidine groups is 1. The second-order valence-electron chi connectivity index (χ2n) is 4.63. The smallest absolute Gasteiger partial charge is 0.240 e. The number of nitrogens with zero attached hydrogens (tertiary/aromatic N) is 2. The summed E-state index contributed by atoms with van der Waals surface area (Å²) >= 11 is 0. The van der Waals surface area contributed by atoms with Crippen LogP contribution in [0.15, 0.2) is 34.2 Å². The molecule has 0 bridgehead atoms. The second-order valence-corrected chi connectivity index (χ2v) is 6.39. The highest BCUT2D eigenvalue weighted by Crippen LogP contribution is 2.10. The van der Waals surface area contributed by atoms with Gasteiger partial charge >= 0.3 is 0 Å². The summed E-state index contributed by atoms with van der Waals surface area (Å²) in [6.07, 6.45) is 0. The fraction of sp³-hybridized carbons (Fsp3) is 0.462. The monoisotopic (exact) mass is 296 g/mol. The maximum Gasteiger partial charge on any atom is 0.240 e. The van der Waals surface area contributed by atoms with Crippen molar-refractivity contribution in [3.63, 3.8) is 0 Å². The van der Waals surface area contributed by atoms with Crippen LogP contribution in [-0.4, -0.2) is 46.0 Å². The summed E-state index contributed by atoms with van der Waals surface area (Å²) in [6, 6.07) is 6.86. The van der Waals surface area contributed by atoms with Crippen molar-refractivity contribution in [1.29, 1.82) is 0 Å². The molecule has 1 aliphatic heterocycles. The Morgan fingerprint density at radius 2 is 2.00 bits per heavy atom. The molecule has 0 aliphatic carbocycles. The van der Waals surface area contributed by atoms with Crippen LogP contribution in [0.4, 0.5) is 0 Å². The average Bonchev–Trinajstić information content (AvgIpc) is 2.82. The van der Waals surface area contributed by atoms with Crippen LogP contribution in [0, 0.1) is 0 Å². The Morgan fingerprint density at radius 1 is 1.30 bits per heavy atom. The van der Waals surface area contributed by atoms with Gasteiger partial charge in [0.05, 0.1) is 11.4 Å². The van der Waals surface area contributed by atoms with Gasteiger partial charge in [0.25, 0.3) is 0 Å². The number of nitrogens with one attached hydrogen (secondary N) is 2. The number of hydrogen-bond acceptors (Lipinski definition) is 5. The second kappa shape index (κ2) is 6.23. The zero-order chi connectivity index (χ0) is 14.6. The van der Waals surface area contributed by atoms with Gasteiger partial charge in [-0.15, -0.1) is 0 Å². The molecular formula is C13H20N4O2S. The number of likely N-dealkylation sites (N-methyl/N-ethyl adjacent to an activating group) is 1. The summed E-state index contributed by atoms with van der Waals surface area (Å²) in [6.45, 7) is 4.53. The lowest BCUT2D eigenvalue weighted by atomic mass is 10.2. The highest BCUT2D eigenvalue weighted by Gasteiger charge is 2.13. The number of hydrogen-bond donors (Lipinski definition) is 2. The third kappa shape index (κ3) is 3.49. The van der Waals surface area contributed by atoms with Gasteiger partial charge in [-0.25, -0.2) is 13.1 Å². The van der Waals surface area contributed by atoms with Gasteiger partial charge in [-0.1, -0.05) is 19.1 Å². The molecule has 0 fully saturated rings. The predicted molar refractivity (Wildman–Crippen MR) is 79.1 cm³/mol. The van der Waals surface area contributed by atoms with E-state index in [1.54, 1.807) is 19.1 Å². The minimum Gasteiger partial charge on any atom is -0.352 e. The summed E-state index contributed by atoms with van der Waals surface area (Å²) in [7, 11) is -1.38. The molecule has 0 amide bonds. The third-order valence-corrected chi connectivity index (χ3v) is 4.64. The minimum atomic E-state index is -3.37. The molecule has 6 nitrogen and oxygen atoms in total. The van der Waals surface area contributed by atoms with E-state index in [1.807, 2.05) is 19.2 Å². The van der Waals surface area contributed by atoms with Gasteiger partial charge in [-0.05, 0) is 17.7 Å². The number of sulfonamides is 1. The van der Waals surface area contributed by atoms with Crippen molar-refractivity contribution >= 4 is 16.0 Å². The zero-order valence-corrected chi connectivity index (χ0v) is 12.6. The van der Waals surface area contributed by atoms with Crippen LogP contribution in [0.3, 0.4) is 0 Å². The van der Waals surface area contributed by atoms with Gasteiger partial charge in [-0.2, -0.15) is 0 Å².